The van der Waals surface area contributed by atoms with E-state index in [1.54, 1.807) is 6.20 Å². The smallest absolute Gasteiger partial charge is 0.196 e. The SMILES string of the molecule is CN.N#CCn1nc(Cl)c2c(NCc3ccccc3)ccnc21.N=S=O. The lowest BCUT2D eigenvalue weighted by Gasteiger charge is -2.07. The Labute approximate surface area is 159 Å². The summed E-state index contributed by atoms with van der Waals surface area (Å²) in [6, 6.07) is 14.0. The minimum absolute atomic E-state index is 0.123. The van der Waals surface area contributed by atoms with Crippen LogP contribution in [0.2, 0.25) is 5.15 Å². The van der Waals surface area contributed by atoms with Crippen LogP contribution in [0.4, 0.5) is 5.69 Å². The standard InChI is InChI=1S/C15H12ClN5.CH5N.HNOS/c16-14-13-12(19-10-11-4-2-1-3-5-11)6-8-18-15(13)21(20-14)9-7-17;1-2;1-3-2/h1-6,8H,9-10H2,(H,18,19);2H2,1H3;1H. The number of nitrogens with two attached hydrogens (primary N) is 1. The molecule has 0 unspecified atom stereocenters. The molecule has 2 heterocycles. The monoisotopic (exact) mass is 391 g/mol. The van der Waals surface area contributed by atoms with Crippen LogP contribution in [-0.2, 0) is 24.6 Å². The van der Waals surface area contributed by atoms with Gasteiger partial charge in [-0.05, 0) is 18.7 Å². The molecule has 0 aliphatic rings. The first-order chi connectivity index (χ1) is 12.7. The van der Waals surface area contributed by atoms with Crippen molar-refractivity contribution in [3.63, 3.8) is 0 Å². The van der Waals surface area contributed by atoms with Gasteiger partial charge in [0.25, 0.3) is 0 Å². The molecule has 26 heavy (non-hydrogen) atoms. The van der Waals surface area contributed by atoms with Gasteiger partial charge in [-0.25, -0.2) is 14.4 Å². The number of benzene rings is 1. The molecule has 0 aliphatic heterocycles. The number of hydrogen-bond donors (Lipinski definition) is 3. The zero-order chi connectivity index (χ0) is 19.4. The third kappa shape index (κ3) is 5.63. The molecule has 136 valence electrons. The van der Waals surface area contributed by atoms with Crippen LogP contribution in [0, 0.1) is 16.1 Å². The maximum absolute atomic E-state index is 8.81. The van der Waals surface area contributed by atoms with E-state index in [0.29, 0.717) is 17.3 Å². The van der Waals surface area contributed by atoms with Crippen molar-refractivity contribution in [3.8, 4) is 6.07 Å². The Morgan fingerprint density at radius 1 is 1.35 bits per heavy atom. The van der Waals surface area contributed by atoms with E-state index < -0.39 is 0 Å². The quantitative estimate of drug-likeness (QED) is 0.626. The lowest BCUT2D eigenvalue weighted by molar-refractivity contribution is 0.697. The summed E-state index contributed by atoms with van der Waals surface area (Å²) in [6.07, 6.45) is 1.68. The van der Waals surface area contributed by atoms with Crippen LogP contribution >= 0.6 is 11.6 Å². The molecule has 0 amide bonds. The zero-order valence-corrected chi connectivity index (χ0v) is 15.6. The zero-order valence-electron chi connectivity index (χ0n) is 14.0. The summed E-state index contributed by atoms with van der Waals surface area (Å²) >= 11 is 5.93. The molecule has 0 saturated carbocycles. The molecule has 0 fully saturated rings. The Balaban J connectivity index is 0.000000615. The first kappa shape index (κ1) is 21.2. The lowest BCUT2D eigenvalue weighted by atomic mass is 10.2. The van der Waals surface area contributed by atoms with Gasteiger partial charge >= 0.3 is 0 Å². The highest BCUT2D eigenvalue weighted by Gasteiger charge is 2.13. The molecule has 0 spiro atoms. The van der Waals surface area contributed by atoms with Gasteiger partial charge in [0.15, 0.2) is 22.3 Å². The number of halogens is 1. The highest BCUT2D eigenvalue weighted by molar-refractivity contribution is 7.53. The van der Waals surface area contributed by atoms with Gasteiger partial charge in [0, 0.05) is 12.7 Å². The van der Waals surface area contributed by atoms with Crippen LogP contribution in [0.1, 0.15) is 5.56 Å². The molecule has 0 bridgehead atoms. The van der Waals surface area contributed by atoms with Gasteiger partial charge in [-0.2, -0.15) is 14.6 Å². The molecular formula is C16H18ClN7OS. The molecular weight excluding hydrogens is 374 g/mol. The van der Waals surface area contributed by atoms with Gasteiger partial charge < -0.3 is 11.1 Å². The maximum Gasteiger partial charge on any atom is 0.196 e. The van der Waals surface area contributed by atoms with E-state index in [-0.39, 0.29) is 18.0 Å². The van der Waals surface area contributed by atoms with Crippen molar-refractivity contribution >= 4 is 39.8 Å². The topological polar surface area (TPSA) is 133 Å². The van der Waals surface area contributed by atoms with Gasteiger partial charge in [0.05, 0.1) is 17.1 Å². The fourth-order valence-electron chi connectivity index (χ4n) is 2.17. The van der Waals surface area contributed by atoms with Gasteiger partial charge in [0.2, 0.25) is 0 Å². The first-order valence-corrected chi connectivity index (χ1v) is 8.52. The van der Waals surface area contributed by atoms with Gasteiger partial charge in [-0.15, -0.1) is 0 Å². The van der Waals surface area contributed by atoms with Gasteiger partial charge in [-0.1, -0.05) is 41.9 Å². The van der Waals surface area contributed by atoms with Crippen molar-refractivity contribution in [2.45, 2.75) is 13.1 Å². The first-order valence-electron chi connectivity index (χ1n) is 7.40. The Hall–Kier alpha value is -2.80. The number of fused-ring (bicyclic) bond motifs is 1. The van der Waals surface area contributed by atoms with Crippen LogP contribution in [0.25, 0.3) is 11.0 Å². The summed E-state index contributed by atoms with van der Waals surface area (Å²) in [4.78, 5) is 4.26. The van der Waals surface area contributed by atoms with Gasteiger partial charge in [0.1, 0.15) is 6.54 Å². The fraction of sp³-hybridized carbons (Fsp3) is 0.188. The summed E-state index contributed by atoms with van der Waals surface area (Å²) in [6.45, 7) is 0.804. The van der Waals surface area contributed by atoms with Crippen LogP contribution in [0.3, 0.4) is 0 Å². The van der Waals surface area contributed by atoms with E-state index in [2.05, 4.69) is 21.1 Å². The number of anilines is 1. The predicted molar refractivity (Wildman–Crippen MR) is 103 cm³/mol. The fourth-order valence-corrected chi connectivity index (χ4v) is 2.45. The summed E-state index contributed by atoms with van der Waals surface area (Å²) in [5, 5.41) is 17.4. The average Bonchev–Trinajstić information content (AvgIpc) is 3.00. The van der Waals surface area contributed by atoms with Crippen molar-refractivity contribution in [1.29, 1.82) is 10.0 Å². The molecule has 8 nitrogen and oxygen atoms in total. The van der Waals surface area contributed by atoms with E-state index in [4.69, 9.17) is 25.9 Å². The molecule has 1 aromatic carbocycles. The van der Waals surface area contributed by atoms with Crippen LogP contribution in [-0.4, -0.2) is 26.0 Å². The largest absolute Gasteiger partial charge is 0.380 e. The van der Waals surface area contributed by atoms with Crippen molar-refractivity contribution in [3.05, 3.63) is 53.3 Å². The molecule has 3 rings (SSSR count). The van der Waals surface area contributed by atoms with Crippen LogP contribution in [0.15, 0.2) is 42.6 Å². The number of nitriles is 1. The van der Waals surface area contributed by atoms with E-state index in [1.165, 1.54) is 17.3 Å². The highest BCUT2D eigenvalue weighted by Crippen LogP contribution is 2.28. The average molecular weight is 392 g/mol. The number of aromatic nitrogens is 3. The number of nitrogens with zero attached hydrogens (tertiary/aromatic N) is 4. The summed E-state index contributed by atoms with van der Waals surface area (Å²) < 4.78 is 15.6. The molecule has 4 N–H and O–H groups in total. The predicted octanol–water partition coefficient (Wildman–Crippen LogP) is 2.76. The second-order valence-corrected chi connectivity index (χ2v) is 5.11. The molecule has 10 heteroatoms. The lowest BCUT2D eigenvalue weighted by Crippen LogP contribution is -2.01. The van der Waals surface area contributed by atoms with E-state index in [9.17, 15) is 0 Å². The minimum atomic E-state index is -0.250. The third-order valence-corrected chi connectivity index (χ3v) is 3.40. The molecule has 3 aromatic rings. The number of nitrogens with one attached hydrogen (secondary N) is 2. The second kappa shape index (κ2) is 11.7. The Bertz CT molecular complexity index is 902. The van der Waals surface area contributed by atoms with Crippen LogP contribution < -0.4 is 11.1 Å². The molecule has 0 atom stereocenters. The molecule has 0 saturated heterocycles. The molecule has 2 aromatic heterocycles. The normalized spacial score (nSPS) is 9.15. The summed E-state index contributed by atoms with van der Waals surface area (Å²) in [5.41, 5.74) is 7.14. The third-order valence-electron chi connectivity index (χ3n) is 3.14. The Kier molecular flexibility index (Phi) is 9.56. The van der Waals surface area contributed by atoms with Crippen molar-refractivity contribution in [2.24, 2.45) is 5.73 Å². The maximum atomic E-state index is 8.81. The Morgan fingerprint density at radius 3 is 2.62 bits per heavy atom. The number of hydrogen-bond acceptors (Lipinski definition) is 7. The van der Waals surface area contributed by atoms with Crippen molar-refractivity contribution in [2.75, 3.05) is 12.4 Å². The van der Waals surface area contributed by atoms with Gasteiger partial charge in [-0.3, -0.25) is 0 Å². The van der Waals surface area contributed by atoms with E-state index in [0.717, 1.165) is 11.1 Å². The van der Waals surface area contributed by atoms with E-state index >= 15 is 0 Å². The summed E-state index contributed by atoms with van der Waals surface area (Å²) in [5.74, 6) is 0. The highest BCUT2D eigenvalue weighted by atomic mass is 35.5. The Morgan fingerprint density at radius 2 is 2.00 bits per heavy atom. The second-order valence-electron chi connectivity index (χ2n) is 4.59. The summed E-state index contributed by atoms with van der Waals surface area (Å²) in [7, 11) is 1.50. The molecule has 0 radical (unpaired) electrons. The van der Waals surface area contributed by atoms with Crippen LogP contribution in [0.5, 0.6) is 0 Å². The molecule has 0 aliphatic carbocycles. The number of pyridine rings is 1. The minimum Gasteiger partial charge on any atom is -0.380 e. The van der Waals surface area contributed by atoms with E-state index in [1.807, 2.05) is 42.5 Å². The van der Waals surface area contributed by atoms with Crippen molar-refractivity contribution < 1.29 is 4.21 Å². The number of rotatable bonds is 4. The van der Waals surface area contributed by atoms with Crippen molar-refractivity contribution in [1.82, 2.24) is 14.8 Å².